The van der Waals surface area contributed by atoms with Gasteiger partial charge < -0.3 is 10.0 Å². The van der Waals surface area contributed by atoms with Crippen LogP contribution in [0.2, 0.25) is 0 Å². The Balaban J connectivity index is 3.10. The van der Waals surface area contributed by atoms with Gasteiger partial charge in [-0.25, -0.2) is 0 Å². The van der Waals surface area contributed by atoms with Crippen molar-refractivity contribution in [1.29, 1.82) is 0 Å². The zero-order chi connectivity index (χ0) is 6.57. The van der Waals surface area contributed by atoms with E-state index in [1.807, 2.05) is 21.0 Å². The fourth-order valence-corrected chi connectivity index (χ4v) is 0.681. The fraction of sp³-hybridized carbons (Fsp3) is 1.00. The van der Waals surface area contributed by atoms with E-state index in [1.54, 1.807) is 0 Å². The van der Waals surface area contributed by atoms with Gasteiger partial charge in [0.25, 0.3) is 0 Å². The summed E-state index contributed by atoms with van der Waals surface area (Å²) >= 11 is 0. The molecular weight excluding hydrogens is 102 g/mol. The molecule has 2 heteroatoms. The van der Waals surface area contributed by atoms with E-state index in [9.17, 15) is 0 Å². The maximum Gasteiger partial charge on any atom is 0.0468 e. The summed E-state index contributed by atoms with van der Waals surface area (Å²) in [5.74, 6) is 0.407. The van der Waals surface area contributed by atoms with Crippen molar-refractivity contribution in [2.45, 2.75) is 6.92 Å². The van der Waals surface area contributed by atoms with Gasteiger partial charge in [-0.1, -0.05) is 6.92 Å². The van der Waals surface area contributed by atoms with Gasteiger partial charge in [0.05, 0.1) is 0 Å². The second-order valence-corrected chi connectivity index (χ2v) is 2.55. The number of rotatable bonds is 3. The highest BCUT2D eigenvalue weighted by Crippen LogP contribution is 1.92. The SMILES string of the molecule is C[C@@H](CO)CN(C)C. The maximum atomic E-state index is 8.56. The molecule has 0 radical (unpaired) electrons. The molecule has 1 N–H and O–H groups in total. The van der Waals surface area contributed by atoms with Gasteiger partial charge in [0.15, 0.2) is 0 Å². The Morgan fingerprint density at radius 3 is 2.12 bits per heavy atom. The Bertz CT molecular complexity index is 54.5. The lowest BCUT2D eigenvalue weighted by atomic mass is 10.2. The van der Waals surface area contributed by atoms with E-state index < -0.39 is 0 Å². The van der Waals surface area contributed by atoms with Crippen LogP contribution in [0.1, 0.15) is 6.92 Å². The van der Waals surface area contributed by atoms with E-state index >= 15 is 0 Å². The fourth-order valence-electron chi connectivity index (χ4n) is 0.681. The number of aliphatic hydroxyl groups excluding tert-OH is 1. The molecule has 0 aliphatic carbocycles. The summed E-state index contributed by atoms with van der Waals surface area (Å²) in [6, 6.07) is 0. The molecule has 0 bridgehead atoms. The van der Waals surface area contributed by atoms with E-state index in [1.165, 1.54) is 0 Å². The Labute approximate surface area is 51.1 Å². The molecule has 0 heterocycles. The first-order valence-electron chi connectivity index (χ1n) is 2.92. The molecule has 0 saturated carbocycles. The smallest absolute Gasteiger partial charge is 0.0468 e. The molecule has 0 aromatic rings. The normalized spacial score (nSPS) is 14.6. The Morgan fingerprint density at radius 2 is 2.00 bits per heavy atom. The first-order chi connectivity index (χ1) is 3.66. The van der Waals surface area contributed by atoms with Crippen molar-refractivity contribution in [3.63, 3.8) is 0 Å². The summed E-state index contributed by atoms with van der Waals surface area (Å²) < 4.78 is 0. The van der Waals surface area contributed by atoms with Crippen LogP contribution in [-0.2, 0) is 0 Å². The van der Waals surface area contributed by atoms with Gasteiger partial charge >= 0.3 is 0 Å². The number of aliphatic hydroxyl groups is 1. The van der Waals surface area contributed by atoms with E-state index in [-0.39, 0.29) is 6.61 Å². The highest BCUT2D eigenvalue weighted by molar-refractivity contribution is 4.51. The average molecular weight is 117 g/mol. The molecule has 0 amide bonds. The van der Waals surface area contributed by atoms with Crippen LogP contribution in [0.5, 0.6) is 0 Å². The quantitative estimate of drug-likeness (QED) is 0.570. The molecule has 2 nitrogen and oxygen atoms in total. The molecule has 50 valence electrons. The minimum atomic E-state index is 0.290. The van der Waals surface area contributed by atoms with Crippen LogP contribution in [0.15, 0.2) is 0 Å². The predicted octanol–water partition coefficient (Wildman–Crippen LogP) is 0.176. The minimum absolute atomic E-state index is 0.290. The Hall–Kier alpha value is -0.0800. The monoisotopic (exact) mass is 117 g/mol. The lowest BCUT2D eigenvalue weighted by Crippen LogP contribution is -2.21. The van der Waals surface area contributed by atoms with Crippen LogP contribution in [0.25, 0.3) is 0 Å². The van der Waals surface area contributed by atoms with Gasteiger partial charge in [0.2, 0.25) is 0 Å². The summed E-state index contributed by atoms with van der Waals surface area (Å²) in [4.78, 5) is 2.07. The van der Waals surface area contributed by atoms with Crippen molar-refractivity contribution in [1.82, 2.24) is 4.90 Å². The van der Waals surface area contributed by atoms with E-state index in [4.69, 9.17) is 5.11 Å². The zero-order valence-electron chi connectivity index (χ0n) is 5.89. The van der Waals surface area contributed by atoms with Crippen molar-refractivity contribution >= 4 is 0 Å². The molecule has 0 unspecified atom stereocenters. The zero-order valence-corrected chi connectivity index (χ0v) is 5.89. The Morgan fingerprint density at radius 1 is 1.50 bits per heavy atom. The molecule has 0 saturated heterocycles. The van der Waals surface area contributed by atoms with Crippen molar-refractivity contribution < 1.29 is 5.11 Å². The lowest BCUT2D eigenvalue weighted by molar-refractivity contribution is 0.204. The highest BCUT2D eigenvalue weighted by atomic mass is 16.3. The van der Waals surface area contributed by atoms with Gasteiger partial charge in [-0.3, -0.25) is 0 Å². The number of hydrogen-bond acceptors (Lipinski definition) is 2. The van der Waals surface area contributed by atoms with E-state index in [2.05, 4.69) is 4.90 Å². The molecule has 0 spiro atoms. The van der Waals surface area contributed by atoms with Crippen molar-refractivity contribution in [3.8, 4) is 0 Å². The minimum Gasteiger partial charge on any atom is -0.396 e. The van der Waals surface area contributed by atoms with Crippen LogP contribution in [0, 0.1) is 5.92 Å². The Kier molecular flexibility index (Phi) is 3.83. The second kappa shape index (κ2) is 3.87. The van der Waals surface area contributed by atoms with Gasteiger partial charge in [0, 0.05) is 13.2 Å². The van der Waals surface area contributed by atoms with Crippen LogP contribution in [-0.4, -0.2) is 37.3 Å². The highest BCUT2D eigenvalue weighted by Gasteiger charge is 1.98. The topological polar surface area (TPSA) is 23.5 Å². The van der Waals surface area contributed by atoms with Gasteiger partial charge in [-0.15, -0.1) is 0 Å². The van der Waals surface area contributed by atoms with Gasteiger partial charge in [0.1, 0.15) is 0 Å². The van der Waals surface area contributed by atoms with Crippen LogP contribution >= 0.6 is 0 Å². The summed E-state index contributed by atoms with van der Waals surface area (Å²) in [7, 11) is 4.01. The first kappa shape index (κ1) is 7.92. The standard InChI is InChI=1S/C6H15NO/c1-6(5-8)4-7(2)3/h6,8H,4-5H2,1-3H3/t6-/m1/s1. The molecule has 0 aliphatic rings. The number of hydrogen-bond donors (Lipinski definition) is 1. The summed E-state index contributed by atoms with van der Waals surface area (Å²) in [6.45, 7) is 3.29. The third kappa shape index (κ3) is 4.09. The van der Waals surface area contributed by atoms with Crippen LogP contribution < -0.4 is 0 Å². The van der Waals surface area contributed by atoms with Gasteiger partial charge in [-0.05, 0) is 20.0 Å². The van der Waals surface area contributed by atoms with E-state index in [0.29, 0.717) is 5.92 Å². The third-order valence-electron chi connectivity index (χ3n) is 0.988. The van der Waals surface area contributed by atoms with Crippen LogP contribution in [0.4, 0.5) is 0 Å². The summed E-state index contributed by atoms with van der Waals surface area (Å²) in [6.07, 6.45) is 0. The van der Waals surface area contributed by atoms with E-state index in [0.717, 1.165) is 6.54 Å². The average Bonchev–Trinajstić information content (AvgIpc) is 1.65. The third-order valence-corrected chi connectivity index (χ3v) is 0.988. The largest absolute Gasteiger partial charge is 0.396 e. The molecule has 0 aliphatic heterocycles. The van der Waals surface area contributed by atoms with Crippen molar-refractivity contribution in [2.75, 3.05) is 27.2 Å². The lowest BCUT2D eigenvalue weighted by Gasteiger charge is -2.13. The molecule has 0 aromatic heterocycles. The van der Waals surface area contributed by atoms with Crippen molar-refractivity contribution in [2.24, 2.45) is 5.92 Å². The second-order valence-electron chi connectivity index (χ2n) is 2.55. The molecule has 0 fully saturated rings. The van der Waals surface area contributed by atoms with Gasteiger partial charge in [-0.2, -0.15) is 0 Å². The molecule has 0 aromatic carbocycles. The van der Waals surface area contributed by atoms with Crippen molar-refractivity contribution in [3.05, 3.63) is 0 Å². The molecular formula is C6H15NO. The summed E-state index contributed by atoms with van der Waals surface area (Å²) in [5, 5.41) is 8.56. The summed E-state index contributed by atoms with van der Waals surface area (Å²) in [5.41, 5.74) is 0. The first-order valence-corrected chi connectivity index (χ1v) is 2.92. The maximum absolute atomic E-state index is 8.56. The number of nitrogens with zero attached hydrogens (tertiary/aromatic N) is 1. The molecule has 0 rings (SSSR count). The predicted molar refractivity (Wildman–Crippen MR) is 34.8 cm³/mol. The van der Waals surface area contributed by atoms with Crippen LogP contribution in [0.3, 0.4) is 0 Å². The molecule has 1 atom stereocenters. The molecule has 8 heavy (non-hydrogen) atoms.